The Bertz CT molecular complexity index is 966. The number of aliphatic hydroxyl groups is 1. The molecule has 7 heteroatoms. The first-order valence-corrected chi connectivity index (χ1v) is 8.97. The van der Waals surface area contributed by atoms with Crippen LogP contribution >= 0.6 is 11.6 Å². The maximum absolute atomic E-state index is 10.4. The predicted molar refractivity (Wildman–Crippen MR) is 94.9 cm³/mol. The minimum Gasteiger partial charge on any atom is -0.468 e. The van der Waals surface area contributed by atoms with Crippen molar-refractivity contribution in [2.75, 3.05) is 0 Å². The van der Waals surface area contributed by atoms with Crippen molar-refractivity contribution in [3.63, 3.8) is 0 Å². The molecule has 1 aliphatic carbocycles. The van der Waals surface area contributed by atoms with Crippen molar-refractivity contribution in [3.05, 3.63) is 47.1 Å². The number of pyridine rings is 1. The van der Waals surface area contributed by atoms with Crippen LogP contribution in [0.2, 0.25) is 5.02 Å². The van der Waals surface area contributed by atoms with Crippen LogP contribution in [0.1, 0.15) is 24.8 Å². The molecule has 1 aliphatic heterocycles. The molecule has 0 radical (unpaired) electrons. The molecule has 1 N–H and O–H groups in total. The van der Waals surface area contributed by atoms with Crippen LogP contribution in [-0.2, 0) is 6.42 Å². The molecule has 1 aromatic carbocycles. The van der Waals surface area contributed by atoms with Gasteiger partial charge in [-0.2, -0.15) is 0 Å². The smallest absolute Gasteiger partial charge is 0.249 e. The Morgan fingerprint density at radius 3 is 2.50 bits per heavy atom. The van der Waals surface area contributed by atoms with Crippen LogP contribution in [0.25, 0.3) is 22.9 Å². The number of hydrogen-bond acceptors (Lipinski definition) is 6. The second kappa shape index (κ2) is 5.79. The minimum absolute atomic E-state index is 0.378. The van der Waals surface area contributed by atoms with Crippen LogP contribution in [-0.4, -0.2) is 32.0 Å². The lowest BCUT2D eigenvalue weighted by molar-refractivity contribution is -0.118. The summed E-state index contributed by atoms with van der Waals surface area (Å²) in [7, 11) is 0. The number of fused-ring (bicyclic) bond motifs is 1. The molecule has 0 amide bonds. The van der Waals surface area contributed by atoms with Crippen LogP contribution in [0, 0.1) is 0 Å². The molecule has 26 heavy (non-hydrogen) atoms. The van der Waals surface area contributed by atoms with Crippen LogP contribution in [0.15, 0.2) is 40.9 Å². The number of hydrogen-bond donors (Lipinski definition) is 1. The summed E-state index contributed by atoms with van der Waals surface area (Å²) < 4.78 is 11.8. The van der Waals surface area contributed by atoms with Gasteiger partial charge in [0.15, 0.2) is 0 Å². The van der Waals surface area contributed by atoms with E-state index in [1.54, 1.807) is 18.3 Å². The number of halogens is 1. The van der Waals surface area contributed by atoms with Gasteiger partial charge in [-0.3, -0.25) is 0 Å². The fraction of sp³-hybridized carbons (Fsp3) is 0.316. The molecule has 2 aromatic heterocycles. The maximum atomic E-state index is 10.4. The molecule has 1 fully saturated rings. The number of rotatable bonds is 2. The highest BCUT2D eigenvalue weighted by molar-refractivity contribution is 6.30. The fourth-order valence-electron chi connectivity index (χ4n) is 3.52. The summed E-state index contributed by atoms with van der Waals surface area (Å²) in [5, 5.41) is 19.3. The van der Waals surface area contributed by atoms with Crippen molar-refractivity contribution in [3.8, 4) is 28.8 Å². The van der Waals surface area contributed by atoms with E-state index >= 15 is 0 Å². The topological polar surface area (TPSA) is 81.3 Å². The summed E-state index contributed by atoms with van der Waals surface area (Å²) in [6, 6.07) is 9.10. The van der Waals surface area contributed by atoms with Crippen molar-refractivity contribution in [2.45, 2.75) is 37.4 Å². The molecular formula is C19H16ClN3O3. The van der Waals surface area contributed by atoms with Gasteiger partial charge in [-0.05, 0) is 49.6 Å². The highest BCUT2D eigenvalue weighted by Crippen LogP contribution is 2.44. The van der Waals surface area contributed by atoms with Crippen LogP contribution in [0.5, 0.6) is 5.88 Å². The van der Waals surface area contributed by atoms with Gasteiger partial charge in [-0.25, -0.2) is 4.98 Å². The van der Waals surface area contributed by atoms with Crippen molar-refractivity contribution in [2.24, 2.45) is 0 Å². The van der Waals surface area contributed by atoms with Crippen molar-refractivity contribution >= 4 is 11.6 Å². The minimum atomic E-state index is -0.506. The highest BCUT2D eigenvalue weighted by atomic mass is 35.5. The lowest BCUT2D eigenvalue weighted by Crippen LogP contribution is -2.56. The molecule has 1 spiro atoms. The molecule has 2 aliphatic rings. The lowest BCUT2D eigenvalue weighted by Gasteiger charge is -2.47. The van der Waals surface area contributed by atoms with Gasteiger partial charge in [0, 0.05) is 28.8 Å². The third kappa shape index (κ3) is 2.48. The van der Waals surface area contributed by atoms with E-state index in [4.69, 9.17) is 20.8 Å². The average molecular weight is 370 g/mol. The molecule has 1 saturated carbocycles. The summed E-state index contributed by atoms with van der Waals surface area (Å²) in [4.78, 5) is 4.42. The molecule has 1 atom stereocenters. The Kier molecular flexibility index (Phi) is 3.52. The van der Waals surface area contributed by atoms with E-state index in [0.717, 1.165) is 30.4 Å². The fourth-order valence-corrected chi connectivity index (χ4v) is 3.64. The molecule has 5 rings (SSSR count). The SMILES string of the molecule is O[C@H]1Cc2cc(-c3nnc(-c4ccc(Cl)cc4)o3)cnc2OC12CCC2. The van der Waals surface area contributed by atoms with Crippen molar-refractivity contribution in [1.29, 1.82) is 0 Å². The number of benzene rings is 1. The number of aliphatic hydroxyl groups excluding tert-OH is 1. The van der Waals surface area contributed by atoms with E-state index in [2.05, 4.69) is 15.2 Å². The zero-order chi connectivity index (χ0) is 17.7. The van der Waals surface area contributed by atoms with Crippen LogP contribution in [0.3, 0.4) is 0 Å². The molecule has 132 valence electrons. The lowest BCUT2D eigenvalue weighted by atomic mass is 9.73. The third-order valence-electron chi connectivity index (χ3n) is 5.21. The Labute approximate surface area is 154 Å². The van der Waals surface area contributed by atoms with Gasteiger partial charge < -0.3 is 14.3 Å². The second-order valence-corrected chi connectivity index (χ2v) is 7.28. The molecule has 6 nitrogen and oxygen atoms in total. The van der Waals surface area contributed by atoms with Gasteiger partial charge in [-0.1, -0.05) is 11.6 Å². The normalized spacial score (nSPS) is 20.3. The molecule has 3 aromatic rings. The van der Waals surface area contributed by atoms with Crippen molar-refractivity contribution < 1.29 is 14.3 Å². The van der Waals surface area contributed by atoms with Crippen LogP contribution < -0.4 is 4.74 Å². The summed E-state index contributed by atoms with van der Waals surface area (Å²) in [6.07, 6.45) is 4.53. The molecule has 0 saturated heterocycles. The van der Waals surface area contributed by atoms with Gasteiger partial charge in [0.1, 0.15) is 5.60 Å². The van der Waals surface area contributed by atoms with Gasteiger partial charge in [0.05, 0.1) is 11.7 Å². The van der Waals surface area contributed by atoms with E-state index in [1.165, 1.54) is 0 Å². The van der Waals surface area contributed by atoms with Crippen LogP contribution in [0.4, 0.5) is 0 Å². The molecular weight excluding hydrogens is 354 g/mol. The van der Waals surface area contributed by atoms with Crippen molar-refractivity contribution in [1.82, 2.24) is 15.2 Å². The second-order valence-electron chi connectivity index (χ2n) is 6.85. The summed E-state index contributed by atoms with van der Waals surface area (Å²) in [5.41, 5.74) is 1.92. The van der Waals surface area contributed by atoms with E-state index in [1.807, 2.05) is 18.2 Å². The van der Waals surface area contributed by atoms with E-state index < -0.39 is 11.7 Å². The first-order chi connectivity index (χ1) is 12.6. The maximum Gasteiger partial charge on any atom is 0.249 e. The molecule has 0 unspecified atom stereocenters. The zero-order valence-corrected chi connectivity index (χ0v) is 14.6. The van der Waals surface area contributed by atoms with E-state index in [9.17, 15) is 5.11 Å². The first-order valence-electron chi connectivity index (χ1n) is 8.59. The summed E-state index contributed by atoms with van der Waals surface area (Å²) in [6.45, 7) is 0. The largest absolute Gasteiger partial charge is 0.468 e. The molecule has 0 bridgehead atoms. The quantitative estimate of drug-likeness (QED) is 0.742. The van der Waals surface area contributed by atoms with E-state index in [-0.39, 0.29) is 0 Å². The van der Waals surface area contributed by atoms with Gasteiger partial charge >= 0.3 is 0 Å². The third-order valence-corrected chi connectivity index (χ3v) is 5.46. The Morgan fingerprint density at radius 1 is 1.08 bits per heavy atom. The summed E-state index contributed by atoms with van der Waals surface area (Å²) in [5.74, 6) is 1.39. The van der Waals surface area contributed by atoms with Gasteiger partial charge in [0.2, 0.25) is 17.7 Å². The number of nitrogens with zero attached hydrogens (tertiary/aromatic N) is 3. The van der Waals surface area contributed by atoms with E-state index in [0.29, 0.717) is 34.7 Å². The highest BCUT2D eigenvalue weighted by Gasteiger charge is 2.49. The monoisotopic (exact) mass is 369 g/mol. The van der Waals surface area contributed by atoms with Gasteiger partial charge in [0.25, 0.3) is 0 Å². The Hall–Kier alpha value is -2.44. The van der Waals surface area contributed by atoms with Gasteiger partial charge in [-0.15, -0.1) is 10.2 Å². The average Bonchev–Trinajstić information content (AvgIpc) is 3.10. The standard InChI is InChI=1S/C19H16ClN3O3/c20-14-4-2-11(3-5-14)17-22-23-18(25-17)13-8-12-9-15(24)19(6-1-7-19)26-16(12)21-10-13/h2-5,8,10,15,24H,1,6-7,9H2/t15-/m0/s1. The predicted octanol–water partition coefficient (Wildman–Crippen LogP) is 3.67. The Balaban J connectivity index is 1.45. The zero-order valence-electron chi connectivity index (χ0n) is 13.9. The summed E-state index contributed by atoms with van der Waals surface area (Å²) >= 11 is 5.91. The first kappa shape index (κ1) is 15.8. The number of ether oxygens (including phenoxy) is 1. The Morgan fingerprint density at radius 2 is 1.81 bits per heavy atom. The molecule has 3 heterocycles. The number of aromatic nitrogens is 3.